The van der Waals surface area contributed by atoms with Crippen molar-refractivity contribution in [2.24, 2.45) is 5.73 Å². The zero-order valence-electron chi connectivity index (χ0n) is 13.1. The van der Waals surface area contributed by atoms with Gasteiger partial charge in [-0.2, -0.15) is 11.8 Å². The van der Waals surface area contributed by atoms with Crippen molar-refractivity contribution < 1.29 is 19.1 Å². The number of rotatable bonds is 12. The molecule has 0 aromatic carbocycles. The SMILES string of the molecule is C=C(C)C(=O)OCC(CSCCN)OC(=O)CCCCC. The molecule has 122 valence electrons. The fourth-order valence-electron chi connectivity index (χ4n) is 1.47. The second-order valence-corrected chi connectivity index (χ2v) is 5.96. The molecule has 2 N–H and O–H groups in total. The van der Waals surface area contributed by atoms with Crippen molar-refractivity contribution in [3.63, 3.8) is 0 Å². The van der Waals surface area contributed by atoms with Crippen LogP contribution in [0.5, 0.6) is 0 Å². The number of carbonyl (C=O) groups excluding carboxylic acids is 2. The van der Waals surface area contributed by atoms with Gasteiger partial charge < -0.3 is 15.2 Å². The summed E-state index contributed by atoms with van der Waals surface area (Å²) in [7, 11) is 0. The standard InChI is InChI=1S/C15H27NO4S/c1-4-5-6-7-14(17)20-13(11-21-9-8-16)10-19-15(18)12(2)3/h13H,2,4-11,16H2,1,3H3. The number of unbranched alkanes of at least 4 members (excludes halogenated alkanes) is 2. The smallest absolute Gasteiger partial charge is 0.333 e. The Morgan fingerprint density at radius 2 is 2.05 bits per heavy atom. The highest BCUT2D eigenvalue weighted by atomic mass is 32.2. The van der Waals surface area contributed by atoms with Crippen molar-refractivity contribution in [2.45, 2.75) is 45.6 Å². The lowest BCUT2D eigenvalue weighted by Crippen LogP contribution is -2.28. The summed E-state index contributed by atoms with van der Waals surface area (Å²) >= 11 is 1.58. The molecule has 0 aliphatic rings. The van der Waals surface area contributed by atoms with E-state index in [1.807, 2.05) is 0 Å². The van der Waals surface area contributed by atoms with Crippen LogP contribution in [-0.4, -0.2) is 42.7 Å². The lowest BCUT2D eigenvalue weighted by atomic mass is 10.2. The van der Waals surface area contributed by atoms with Crippen LogP contribution in [0.4, 0.5) is 0 Å². The van der Waals surface area contributed by atoms with E-state index in [4.69, 9.17) is 15.2 Å². The van der Waals surface area contributed by atoms with Gasteiger partial charge in [-0.3, -0.25) is 4.79 Å². The largest absolute Gasteiger partial charge is 0.458 e. The number of carbonyl (C=O) groups is 2. The Bertz CT molecular complexity index is 334. The Morgan fingerprint density at radius 3 is 2.62 bits per heavy atom. The first-order valence-corrected chi connectivity index (χ1v) is 8.46. The van der Waals surface area contributed by atoms with Gasteiger partial charge >= 0.3 is 11.9 Å². The molecule has 0 aromatic rings. The maximum atomic E-state index is 11.7. The van der Waals surface area contributed by atoms with Gasteiger partial charge in [-0.1, -0.05) is 26.3 Å². The highest BCUT2D eigenvalue weighted by molar-refractivity contribution is 7.99. The van der Waals surface area contributed by atoms with E-state index in [0.717, 1.165) is 25.0 Å². The van der Waals surface area contributed by atoms with Crippen LogP contribution in [0, 0.1) is 0 Å². The second-order valence-electron chi connectivity index (χ2n) is 4.81. The van der Waals surface area contributed by atoms with E-state index in [-0.39, 0.29) is 12.6 Å². The third-order valence-corrected chi connectivity index (χ3v) is 3.73. The molecule has 0 rings (SSSR count). The van der Waals surface area contributed by atoms with E-state index in [9.17, 15) is 9.59 Å². The second kappa shape index (κ2) is 12.7. The van der Waals surface area contributed by atoms with Crippen molar-refractivity contribution in [1.29, 1.82) is 0 Å². The van der Waals surface area contributed by atoms with E-state index in [2.05, 4.69) is 13.5 Å². The number of ether oxygens (including phenoxy) is 2. The summed E-state index contributed by atoms with van der Waals surface area (Å²) in [5, 5.41) is 0. The lowest BCUT2D eigenvalue weighted by Gasteiger charge is -2.17. The van der Waals surface area contributed by atoms with Crippen molar-refractivity contribution in [2.75, 3.05) is 24.7 Å². The summed E-state index contributed by atoms with van der Waals surface area (Å²) in [6.07, 6.45) is 2.86. The van der Waals surface area contributed by atoms with Gasteiger partial charge in [0.2, 0.25) is 0 Å². The molecule has 0 fully saturated rings. The van der Waals surface area contributed by atoms with E-state index >= 15 is 0 Å². The molecule has 0 aliphatic carbocycles. The van der Waals surface area contributed by atoms with Crippen LogP contribution >= 0.6 is 11.8 Å². The van der Waals surface area contributed by atoms with Gasteiger partial charge in [0, 0.05) is 30.0 Å². The van der Waals surface area contributed by atoms with Crippen molar-refractivity contribution >= 4 is 23.7 Å². The third kappa shape index (κ3) is 11.3. The average molecular weight is 317 g/mol. The van der Waals surface area contributed by atoms with Gasteiger partial charge in [0.25, 0.3) is 0 Å². The summed E-state index contributed by atoms with van der Waals surface area (Å²) in [6.45, 7) is 7.80. The molecule has 0 saturated heterocycles. The number of esters is 2. The Balaban J connectivity index is 4.20. The monoisotopic (exact) mass is 317 g/mol. The van der Waals surface area contributed by atoms with E-state index in [0.29, 0.717) is 24.3 Å². The van der Waals surface area contributed by atoms with Gasteiger partial charge in [-0.25, -0.2) is 4.79 Å². The van der Waals surface area contributed by atoms with Crippen molar-refractivity contribution in [3.8, 4) is 0 Å². The zero-order chi connectivity index (χ0) is 16.1. The molecule has 0 radical (unpaired) electrons. The number of nitrogens with two attached hydrogens (primary N) is 1. The Labute approximate surface area is 131 Å². The quantitative estimate of drug-likeness (QED) is 0.338. The molecule has 1 atom stereocenters. The zero-order valence-corrected chi connectivity index (χ0v) is 13.9. The van der Waals surface area contributed by atoms with Crippen LogP contribution < -0.4 is 5.73 Å². The predicted molar refractivity (Wildman–Crippen MR) is 86.2 cm³/mol. The third-order valence-electron chi connectivity index (χ3n) is 2.60. The summed E-state index contributed by atoms with van der Waals surface area (Å²) in [5.74, 6) is 0.637. The lowest BCUT2D eigenvalue weighted by molar-refractivity contribution is -0.155. The summed E-state index contributed by atoms with van der Waals surface area (Å²) in [6, 6.07) is 0. The van der Waals surface area contributed by atoms with E-state index < -0.39 is 12.1 Å². The first-order chi connectivity index (χ1) is 10.0. The first-order valence-electron chi connectivity index (χ1n) is 7.31. The molecule has 0 aromatic heterocycles. The topological polar surface area (TPSA) is 78.6 Å². The van der Waals surface area contributed by atoms with Crippen LogP contribution in [0.2, 0.25) is 0 Å². The van der Waals surface area contributed by atoms with Gasteiger partial charge in [0.05, 0.1) is 0 Å². The molecule has 21 heavy (non-hydrogen) atoms. The predicted octanol–water partition coefficient (Wildman–Crippen LogP) is 2.29. The van der Waals surface area contributed by atoms with Crippen LogP contribution in [0.15, 0.2) is 12.2 Å². The minimum Gasteiger partial charge on any atom is -0.458 e. The molecule has 5 nitrogen and oxygen atoms in total. The molecule has 6 heteroatoms. The summed E-state index contributed by atoms with van der Waals surface area (Å²) < 4.78 is 10.4. The minimum atomic E-state index is -0.467. The van der Waals surface area contributed by atoms with Gasteiger partial charge in [0.1, 0.15) is 12.7 Å². The van der Waals surface area contributed by atoms with Crippen molar-refractivity contribution in [3.05, 3.63) is 12.2 Å². The number of hydrogen-bond donors (Lipinski definition) is 1. The Kier molecular flexibility index (Phi) is 12.1. The molecule has 0 saturated carbocycles. The van der Waals surface area contributed by atoms with E-state index in [1.165, 1.54) is 0 Å². The van der Waals surface area contributed by atoms with Crippen molar-refractivity contribution in [1.82, 2.24) is 0 Å². The van der Waals surface area contributed by atoms with Crippen LogP contribution in [0.1, 0.15) is 39.5 Å². The maximum Gasteiger partial charge on any atom is 0.333 e. The molecule has 0 amide bonds. The normalized spacial score (nSPS) is 11.8. The fraction of sp³-hybridized carbons (Fsp3) is 0.733. The maximum absolute atomic E-state index is 11.7. The van der Waals surface area contributed by atoms with Crippen LogP contribution in [0.3, 0.4) is 0 Å². The highest BCUT2D eigenvalue weighted by Crippen LogP contribution is 2.09. The fourth-order valence-corrected chi connectivity index (χ4v) is 2.23. The molecule has 0 spiro atoms. The van der Waals surface area contributed by atoms with Crippen LogP contribution in [0.25, 0.3) is 0 Å². The first kappa shape index (κ1) is 20.0. The summed E-state index contributed by atoms with van der Waals surface area (Å²) in [5.41, 5.74) is 5.76. The molecular formula is C15H27NO4S. The van der Waals surface area contributed by atoms with Gasteiger partial charge in [0.15, 0.2) is 0 Å². The van der Waals surface area contributed by atoms with Crippen LogP contribution in [-0.2, 0) is 19.1 Å². The van der Waals surface area contributed by atoms with Gasteiger partial charge in [-0.05, 0) is 13.3 Å². The highest BCUT2D eigenvalue weighted by Gasteiger charge is 2.17. The molecular weight excluding hydrogens is 290 g/mol. The number of thioether (sulfide) groups is 1. The van der Waals surface area contributed by atoms with E-state index in [1.54, 1.807) is 18.7 Å². The number of hydrogen-bond acceptors (Lipinski definition) is 6. The Hall–Kier alpha value is -1.01. The molecule has 0 heterocycles. The minimum absolute atomic E-state index is 0.0583. The van der Waals surface area contributed by atoms with Gasteiger partial charge in [-0.15, -0.1) is 0 Å². The average Bonchev–Trinajstić information content (AvgIpc) is 2.44. The summed E-state index contributed by atoms with van der Waals surface area (Å²) in [4.78, 5) is 23.1. The molecule has 0 bridgehead atoms. The molecule has 0 aliphatic heterocycles. The Morgan fingerprint density at radius 1 is 1.33 bits per heavy atom. The molecule has 1 unspecified atom stereocenters.